The molecule has 2 heterocycles. The summed E-state index contributed by atoms with van der Waals surface area (Å²) >= 11 is 0. The molecule has 1 aliphatic heterocycles. The summed E-state index contributed by atoms with van der Waals surface area (Å²) in [6.07, 6.45) is 7.37. The zero-order valence-corrected chi connectivity index (χ0v) is 17.0. The van der Waals surface area contributed by atoms with Crippen LogP contribution >= 0.6 is 0 Å². The van der Waals surface area contributed by atoms with Crippen molar-refractivity contribution in [3.63, 3.8) is 0 Å². The largest absolute Gasteiger partial charge is 0.322 e. The van der Waals surface area contributed by atoms with Crippen molar-refractivity contribution < 1.29 is 9.59 Å². The minimum atomic E-state index is -0.173. The summed E-state index contributed by atoms with van der Waals surface area (Å²) in [6.45, 7) is 0. The third-order valence-corrected chi connectivity index (χ3v) is 6.28. The Morgan fingerprint density at radius 1 is 1.03 bits per heavy atom. The highest BCUT2D eigenvalue weighted by molar-refractivity contribution is 6.04. The van der Waals surface area contributed by atoms with Gasteiger partial charge in [0.05, 0.1) is 11.7 Å². The van der Waals surface area contributed by atoms with Crippen LogP contribution < -0.4 is 16.2 Å². The molecular formula is C23H24N6O2. The molecule has 31 heavy (non-hydrogen) atoms. The van der Waals surface area contributed by atoms with Gasteiger partial charge in [0.1, 0.15) is 12.7 Å². The van der Waals surface area contributed by atoms with Gasteiger partial charge in [-0.05, 0) is 60.7 Å². The van der Waals surface area contributed by atoms with Gasteiger partial charge in [-0.25, -0.2) is 15.1 Å². The molecule has 158 valence electrons. The first-order valence-corrected chi connectivity index (χ1v) is 10.6. The summed E-state index contributed by atoms with van der Waals surface area (Å²) in [5.41, 5.74) is 9.28. The Morgan fingerprint density at radius 2 is 1.81 bits per heavy atom. The van der Waals surface area contributed by atoms with Crippen LogP contribution in [0.2, 0.25) is 0 Å². The molecule has 1 aliphatic carbocycles. The summed E-state index contributed by atoms with van der Waals surface area (Å²) in [6, 6.07) is 15.1. The second-order valence-electron chi connectivity index (χ2n) is 8.13. The lowest BCUT2D eigenvalue weighted by Crippen LogP contribution is -2.55. The van der Waals surface area contributed by atoms with Crippen LogP contribution in [0.25, 0.3) is 5.69 Å². The van der Waals surface area contributed by atoms with Crippen molar-refractivity contribution in [1.29, 1.82) is 0 Å². The van der Waals surface area contributed by atoms with Gasteiger partial charge < -0.3 is 5.32 Å². The molecule has 3 atom stereocenters. The predicted octanol–water partition coefficient (Wildman–Crippen LogP) is 3.00. The van der Waals surface area contributed by atoms with E-state index < -0.39 is 0 Å². The van der Waals surface area contributed by atoms with Crippen LogP contribution in [0.4, 0.5) is 5.69 Å². The number of hydrogen-bond donors (Lipinski definition) is 3. The first-order valence-electron chi connectivity index (χ1n) is 10.6. The molecule has 2 aliphatic rings. The van der Waals surface area contributed by atoms with E-state index >= 15 is 0 Å². The molecule has 1 aromatic heterocycles. The number of rotatable bonds is 4. The molecule has 3 unspecified atom stereocenters. The lowest BCUT2D eigenvalue weighted by atomic mass is 9.72. The highest BCUT2D eigenvalue weighted by Gasteiger charge is 2.40. The lowest BCUT2D eigenvalue weighted by Gasteiger charge is -2.41. The number of fused-ring (bicyclic) bond motifs is 1. The van der Waals surface area contributed by atoms with Gasteiger partial charge in [-0.2, -0.15) is 5.10 Å². The van der Waals surface area contributed by atoms with E-state index in [4.69, 9.17) is 0 Å². The monoisotopic (exact) mass is 416 g/mol. The molecule has 2 amide bonds. The summed E-state index contributed by atoms with van der Waals surface area (Å²) < 4.78 is 1.64. The maximum atomic E-state index is 12.6. The van der Waals surface area contributed by atoms with Crippen molar-refractivity contribution in [3.8, 4) is 5.69 Å². The van der Waals surface area contributed by atoms with E-state index in [1.165, 1.54) is 6.33 Å². The number of amides is 2. The average molecular weight is 416 g/mol. The van der Waals surface area contributed by atoms with E-state index in [9.17, 15) is 9.59 Å². The SMILES string of the molecule is O=C(Nc1ccc(C2NNC(=O)C3CCCCC32)cc1)c1ccc(-n2cncn2)cc1. The number of hydrogen-bond acceptors (Lipinski definition) is 5. The third-order valence-electron chi connectivity index (χ3n) is 6.28. The third kappa shape index (κ3) is 3.94. The summed E-state index contributed by atoms with van der Waals surface area (Å²) in [4.78, 5) is 28.7. The van der Waals surface area contributed by atoms with Crippen molar-refractivity contribution in [1.82, 2.24) is 25.6 Å². The number of nitrogens with zero attached hydrogens (tertiary/aromatic N) is 3. The van der Waals surface area contributed by atoms with Gasteiger partial charge in [0.15, 0.2) is 0 Å². The molecule has 2 aromatic carbocycles. The molecule has 2 fully saturated rings. The summed E-state index contributed by atoms with van der Waals surface area (Å²) in [5, 5.41) is 7.02. The average Bonchev–Trinajstić information content (AvgIpc) is 3.35. The number of carbonyl (C=O) groups excluding carboxylic acids is 2. The van der Waals surface area contributed by atoms with Crippen LogP contribution in [0.15, 0.2) is 61.2 Å². The van der Waals surface area contributed by atoms with Gasteiger partial charge in [-0.1, -0.05) is 25.0 Å². The predicted molar refractivity (Wildman–Crippen MR) is 115 cm³/mol. The minimum Gasteiger partial charge on any atom is -0.322 e. The molecule has 0 radical (unpaired) electrons. The Bertz CT molecular complexity index is 1060. The molecule has 8 nitrogen and oxygen atoms in total. The molecule has 0 bridgehead atoms. The fourth-order valence-corrected chi connectivity index (χ4v) is 4.65. The molecule has 1 saturated carbocycles. The standard InChI is InChI=1S/C23H24N6O2/c30-22(16-7-11-18(12-8-16)29-14-24-13-25-29)26-17-9-5-15(6-10-17)21-19-3-1-2-4-20(19)23(31)28-27-21/h5-14,19-21,27H,1-4H2,(H,26,30)(H,28,31). The van der Waals surface area contributed by atoms with E-state index in [0.717, 1.165) is 42.6 Å². The number of nitrogens with one attached hydrogen (secondary N) is 3. The Hall–Kier alpha value is -3.52. The fraction of sp³-hybridized carbons (Fsp3) is 0.304. The summed E-state index contributed by atoms with van der Waals surface area (Å²) in [7, 11) is 0. The highest BCUT2D eigenvalue weighted by Crippen LogP contribution is 2.40. The topological polar surface area (TPSA) is 101 Å². The number of anilines is 1. The van der Waals surface area contributed by atoms with Crippen LogP contribution in [0.1, 0.15) is 47.6 Å². The summed E-state index contributed by atoms with van der Waals surface area (Å²) in [5.74, 6) is 0.333. The Kier molecular flexibility index (Phi) is 5.21. The van der Waals surface area contributed by atoms with Crippen LogP contribution in [0, 0.1) is 11.8 Å². The van der Waals surface area contributed by atoms with E-state index in [1.54, 1.807) is 23.1 Å². The van der Waals surface area contributed by atoms with E-state index in [0.29, 0.717) is 11.5 Å². The highest BCUT2D eigenvalue weighted by atomic mass is 16.2. The molecule has 3 N–H and O–H groups in total. The maximum Gasteiger partial charge on any atom is 0.255 e. The van der Waals surface area contributed by atoms with Crippen molar-refractivity contribution in [3.05, 3.63) is 72.3 Å². The molecule has 3 aromatic rings. The number of aromatic nitrogens is 3. The molecule has 0 spiro atoms. The van der Waals surface area contributed by atoms with Crippen LogP contribution in [-0.2, 0) is 4.79 Å². The van der Waals surface area contributed by atoms with Gasteiger partial charge >= 0.3 is 0 Å². The van der Waals surface area contributed by atoms with Crippen molar-refractivity contribution in [2.24, 2.45) is 11.8 Å². The first-order chi connectivity index (χ1) is 15.2. The Balaban J connectivity index is 1.26. The van der Waals surface area contributed by atoms with Crippen molar-refractivity contribution in [2.75, 3.05) is 5.32 Å². The first kappa shape index (κ1) is 19.4. The number of hydrazine groups is 1. The fourth-order valence-electron chi connectivity index (χ4n) is 4.65. The quantitative estimate of drug-likeness (QED) is 0.607. The van der Waals surface area contributed by atoms with Gasteiger partial charge in [0.2, 0.25) is 5.91 Å². The second kappa shape index (κ2) is 8.31. The van der Waals surface area contributed by atoms with Gasteiger partial charge in [0.25, 0.3) is 5.91 Å². The van der Waals surface area contributed by atoms with E-state index in [2.05, 4.69) is 26.3 Å². The van der Waals surface area contributed by atoms with Crippen molar-refractivity contribution >= 4 is 17.5 Å². The van der Waals surface area contributed by atoms with Crippen molar-refractivity contribution in [2.45, 2.75) is 31.7 Å². The zero-order valence-electron chi connectivity index (χ0n) is 17.0. The maximum absolute atomic E-state index is 12.6. The molecule has 1 saturated heterocycles. The minimum absolute atomic E-state index is 0.0832. The van der Waals surface area contributed by atoms with Gasteiger partial charge in [-0.3, -0.25) is 15.0 Å². The number of benzene rings is 2. The Morgan fingerprint density at radius 3 is 2.55 bits per heavy atom. The smallest absolute Gasteiger partial charge is 0.255 e. The second-order valence-corrected chi connectivity index (χ2v) is 8.13. The van der Waals surface area contributed by atoms with E-state index in [1.807, 2.05) is 36.4 Å². The van der Waals surface area contributed by atoms with Crippen LogP contribution in [0.3, 0.4) is 0 Å². The normalized spacial score (nSPS) is 23.0. The Labute approximate surface area is 180 Å². The molecule has 8 heteroatoms. The molecule has 5 rings (SSSR count). The zero-order chi connectivity index (χ0) is 21.2. The van der Waals surface area contributed by atoms with Gasteiger partial charge in [-0.15, -0.1) is 0 Å². The van der Waals surface area contributed by atoms with Gasteiger partial charge in [0, 0.05) is 17.2 Å². The molecular weight excluding hydrogens is 392 g/mol. The van der Waals surface area contributed by atoms with Crippen LogP contribution in [-0.4, -0.2) is 26.6 Å². The van der Waals surface area contributed by atoms with Crippen LogP contribution in [0.5, 0.6) is 0 Å². The van der Waals surface area contributed by atoms with E-state index in [-0.39, 0.29) is 23.8 Å². The number of carbonyl (C=O) groups is 2. The lowest BCUT2D eigenvalue weighted by molar-refractivity contribution is -0.133.